The molecule has 256 valence electrons. The lowest BCUT2D eigenvalue weighted by atomic mass is 10.0. The SMILES string of the molecule is CC(C)(F)F.CCC.CCC=C(/C=C(\CCC)CC(F)F)N1CCN(C(=O)OC(C)(C)C)CC1.CCCc1ccc(C)cc1. The Balaban J connectivity index is 0. The predicted molar refractivity (Wildman–Crippen MR) is 179 cm³/mol. The zero-order valence-corrected chi connectivity index (χ0v) is 29.5. The van der Waals surface area contributed by atoms with Crippen molar-refractivity contribution in [2.24, 2.45) is 0 Å². The summed E-state index contributed by atoms with van der Waals surface area (Å²) in [5, 5.41) is 0. The Morgan fingerprint density at radius 3 is 1.75 bits per heavy atom. The smallest absolute Gasteiger partial charge is 0.410 e. The van der Waals surface area contributed by atoms with Gasteiger partial charge in [-0.05, 0) is 72.4 Å². The second-order valence-electron chi connectivity index (χ2n) is 12.4. The van der Waals surface area contributed by atoms with E-state index < -0.39 is 17.9 Å². The number of ether oxygens (including phenoxy) is 1. The summed E-state index contributed by atoms with van der Waals surface area (Å²) in [7, 11) is 0. The van der Waals surface area contributed by atoms with Crippen molar-refractivity contribution in [3.8, 4) is 0 Å². The van der Waals surface area contributed by atoms with Crippen molar-refractivity contribution in [3.05, 3.63) is 58.8 Å². The van der Waals surface area contributed by atoms with Crippen LogP contribution in [0.25, 0.3) is 0 Å². The van der Waals surface area contributed by atoms with Gasteiger partial charge in [0.25, 0.3) is 0 Å². The Kier molecular flexibility index (Phi) is 23.6. The van der Waals surface area contributed by atoms with Crippen molar-refractivity contribution in [1.29, 1.82) is 0 Å². The zero-order valence-electron chi connectivity index (χ0n) is 29.5. The third kappa shape index (κ3) is 25.9. The van der Waals surface area contributed by atoms with E-state index in [2.05, 4.69) is 62.9 Å². The number of hydrogen-bond donors (Lipinski definition) is 0. The van der Waals surface area contributed by atoms with Crippen LogP contribution in [-0.2, 0) is 11.2 Å². The highest BCUT2D eigenvalue weighted by atomic mass is 19.3. The molecule has 2 rings (SSSR count). The number of alkyl halides is 4. The Labute approximate surface area is 266 Å². The molecule has 0 aromatic heterocycles. The summed E-state index contributed by atoms with van der Waals surface area (Å²) in [6, 6.07) is 8.76. The Morgan fingerprint density at radius 2 is 1.36 bits per heavy atom. The molecule has 0 aliphatic carbocycles. The Morgan fingerprint density at radius 1 is 0.886 bits per heavy atom. The van der Waals surface area contributed by atoms with Gasteiger partial charge in [-0.15, -0.1) is 0 Å². The average Bonchev–Trinajstić information content (AvgIpc) is 2.89. The molecule has 0 radical (unpaired) electrons. The van der Waals surface area contributed by atoms with Gasteiger partial charge < -0.3 is 14.5 Å². The topological polar surface area (TPSA) is 32.8 Å². The molecule has 1 amide bonds. The maximum Gasteiger partial charge on any atom is 0.410 e. The monoisotopic (exact) mass is 630 g/mol. The van der Waals surface area contributed by atoms with Crippen LogP contribution in [0.5, 0.6) is 0 Å². The third-order valence-electron chi connectivity index (χ3n) is 5.71. The first kappa shape index (κ1) is 43.6. The van der Waals surface area contributed by atoms with E-state index in [0.29, 0.717) is 32.6 Å². The van der Waals surface area contributed by atoms with Gasteiger partial charge in [-0.1, -0.05) is 95.4 Å². The number of hydrogen-bond acceptors (Lipinski definition) is 3. The summed E-state index contributed by atoms with van der Waals surface area (Å²) in [4.78, 5) is 16.1. The van der Waals surface area contributed by atoms with Crippen LogP contribution >= 0.6 is 0 Å². The first-order valence-electron chi connectivity index (χ1n) is 16.2. The molecule has 1 saturated heterocycles. The van der Waals surface area contributed by atoms with Gasteiger partial charge in [-0.3, -0.25) is 0 Å². The number of piperazine rings is 1. The van der Waals surface area contributed by atoms with Gasteiger partial charge in [0.2, 0.25) is 12.3 Å². The first-order chi connectivity index (χ1) is 20.4. The molecule has 1 aliphatic heterocycles. The van der Waals surface area contributed by atoms with Crippen LogP contribution in [0.4, 0.5) is 22.4 Å². The van der Waals surface area contributed by atoms with E-state index in [1.165, 1.54) is 30.4 Å². The summed E-state index contributed by atoms with van der Waals surface area (Å²) in [5.74, 6) is -2.50. The molecule has 1 aromatic rings. The maximum absolute atomic E-state index is 12.8. The number of benzene rings is 1. The number of amides is 1. The van der Waals surface area contributed by atoms with Gasteiger partial charge >= 0.3 is 6.09 Å². The minimum atomic E-state index is -2.50. The van der Waals surface area contributed by atoms with E-state index in [1.54, 1.807) is 4.90 Å². The standard InChI is InChI=1S/C20H34F2N2O2.C10H14.C3H6F2.C3H8/c1-6-8-16(15-18(21)22)14-17(9-7-2)23-10-12-24(13-11-23)19(25)26-20(3,4)5;1-3-4-10-7-5-9(2)6-8-10;1-3(2,4)5;1-3-2/h9,14,18H,6-8,10-13,15H2,1-5H3;5-8H,3-4H2,1-2H3;1-2H3;3H2,1-2H3/b16-14+,17-9?;;;. The number of carbonyl (C=O) groups is 1. The summed E-state index contributed by atoms with van der Waals surface area (Å²) in [6.07, 6.45) is 7.28. The number of halogens is 4. The van der Waals surface area contributed by atoms with Crippen molar-refractivity contribution < 1.29 is 27.1 Å². The molecule has 1 aliphatic rings. The van der Waals surface area contributed by atoms with Crippen LogP contribution < -0.4 is 0 Å². The van der Waals surface area contributed by atoms with Gasteiger partial charge in [-0.2, -0.15) is 0 Å². The van der Waals surface area contributed by atoms with Crippen molar-refractivity contribution in [2.75, 3.05) is 26.2 Å². The fraction of sp³-hybridized carbons (Fsp3) is 0.694. The van der Waals surface area contributed by atoms with Crippen LogP contribution in [0.1, 0.15) is 119 Å². The van der Waals surface area contributed by atoms with E-state index in [4.69, 9.17) is 4.74 Å². The van der Waals surface area contributed by atoms with Crippen LogP contribution in [0.15, 0.2) is 47.7 Å². The van der Waals surface area contributed by atoms with Crippen molar-refractivity contribution in [3.63, 3.8) is 0 Å². The average molecular weight is 631 g/mol. The summed E-state index contributed by atoms with van der Waals surface area (Å²) in [5.41, 5.74) is 4.07. The second kappa shape index (κ2) is 23.8. The van der Waals surface area contributed by atoms with E-state index in [1.807, 2.05) is 40.7 Å². The second-order valence-corrected chi connectivity index (χ2v) is 12.4. The summed E-state index contributed by atoms with van der Waals surface area (Å²) >= 11 is 0. The zero-order chi connectivity index (χ0) is 34.3. The Hall–Kier alpha value is -2.51. The molecule has 1 aromatic carbocycles. The molecule has 1 heterocycles. The van der Waals surface area contributed by atoms with Crippen LogP contribution in [-0.4, -0.2) is 60.0 Å². The lowest BCUT2D eigenvalue weighted by molar-refractivity contribution is 0.0170. The van der Waals surface area contributed by atoms with E-state index in [9.17, 15) is 22.4 Å². The fourth-order valence-corrected chi connectivity index (χ4v) is 3.97. The number of rotatable bonds is 9. The summed E-state index contributed by atoms with van der Waals surface area (Å²) < 4.78 is 53.1. The fourth-order valence-electron chi connectivity index (χ4n) is 3.97. The molecule has 1 fully saturated rings. The first-order valence-corrected chi connectivity index (χ1v) is 16.2. The van der Waals surface area contributed by atoms with Crippen molar-refractivity contribution in [2.45, 2.75) is 139 Å². The van der Waals surface area contributed by atoms with Crippen LogP contribution in [0.2, 0.25) is 0 Å². The molecule has 44 heavy (non-hydrogen) atoms. The van der Waals surface area contributed by atoms with E-state index >= 15 is 0 Å². The van der Waals surface area contributed by atoms with Gasteiger partial charge in [0.05, 0.1) is 0 Å². The van der Waals surface area contributed by atoms with Crippen LogP contribution in [0.3, 0.4) is 0 Å². The highest BCUT2D eigenvalue weighted by Gasteiger charge is 2.26. The molecule has 0 N–H and O–H groups in total. The lowest BCUT2D eigenvalue weighted by Crippen LogP contribution is -2.49. The molecule has 0 spiro atoms. The van der Waals surface area contributed by atoms with E-state index in [0.717, 1.165) is 38.0 Å². The van der Waals surface area contributed by atoms with E-state index in [-0.39, 0.29) is 12.5 Å². The highest BCUT2D eigenvalue weighted by molar-refractivity contribution is 5.68. The molecule has 0 bridgehead atoms. The molecule has 8 heteroatoms. The predicted octanol–water partition coefficient (Wildman–Crippen LogP) is 11.2. The van der Waals surface area contributed by atoms with Gasteiger partial charge in [0, 0.05) is 38.3 Å². The minimum absolute atomic E-state index is 0.174. The number of nitrogens with zero attached hydrogens (tertiary/aromatic N) is 2. The molecule has 0 unspecified atom stereocenters. The summed E-state index contributed by atoms with van der Waals surface area (Å²) in [6.45, 7) is 22.4. The molecular weight excluding hydrogens is 568 g/mol. The molecule has 0 atom stereocenters. The molecular formula is C36H62F4N2O2. The molecule has 0 saturated carbocycles. The van der Waals surface area contributed by atoms with Gasteiger partial charge in [0.15, 0.2) is 0 Å². The Bertz CT molecular complexity index is 919. The number of carbonyl (C=O) groups excluding carboxylic acids is 1. The van der Waals surface area contributed by atoms with Crippen molar-refractivity contribution >= 4 is 6.09 Å². The van der Waals surface area contributed by atoms with Crippen LogP contribution in [0, 0.1) is 6.92 Å². The quantitative estimate of drug-likeness (QED) is 0.201. The minimum Gasteiger partial charge on any atom is -0.444 e. The number of allylic oxidation sites excluding steroid dienone is 3. The largest absolute Gasteiger partial charge is 0.444 e. The molecule has 4 nitrogen and oxygen atoms in total. The van der Waals surface area contributed by atoms with Crippen molar-refractivity contribution in [1.82, 2.24) is 9.80 Å². The maximum atomic E-state index is 12.8. The highest BCUT2D eigenvalue weighted by Crippen LogP contribution is 2.21. The third-order valence-corrected chi connectivity index (χ3v) is 5.71. The lowest BCUT2D eigenvalue weighted by Gasteiger charge is -2.37. The number of aryl methyl sites for hydroxylation is 2. The van der Waals surface area contributed by atoms with Gasteiger partial charge in [0.1, 0.15) is 5.60 Å². The van der Waals surface area contributed by atoms with Gasteiger partial charge in [-0.25, -0.2) is 22.4 Å². The normalized spacial score (nSPS) is 14.1.